The molecule has 2 heterocycles. The number of nitrogens with one attached hydrogen (secondary N) is 1. The van der Waals surface area contributed by atoms with Crippen LogP contribution >= 0.6 is 0 Å². The molecule has 0 bridgehead atoms. The molecule has 0 spiro atoms. The zero-order chi connectivity index (χ0) is 23.6. The summed E-state index contributed by atoms with van der Waals surface area (Å²) in [6.45, 7) is 0. The summed E-state index contributed by atoms with van der Waals surface area (Å²) in [5.74, 6) is 1.79. The fourth-order valence-corrected chi connectivity index (χ4v) is 4.13. The number of pyridine rings is 1. The van der Waals surface area contributed by atoms with Gasteiger partial charge in [-0.2, -0.15) is 0 Å². The fraction of sp³-hybridized carbons (Fsp3) is 0. The van der Waals surface area contributed by atoms with Gasteiger partial charge >= 0.3 is 18.9 Å². The molecule has 0 unspecified atom stereocenters. The molecule has 0 saturated carbocycles. The number of rotatable bonds is 4. The van der Waals surface area contributed by atoms with Gasteiger partial charge in [-0.25, -0.2) is 19.9 Å². The second-order valence-corrected chi connectivity index (χ2v) is 8.19. The van der Waals surface area contributed by atoms with Crippen LogP contribution < -0.4 is 29.0 Å². The van der Waals surface area contributed by atoms with E-state index in [4.69, 9.17) is 15.0 Å². The van der Waals surface area contributed by atoms with Gasteiger partial charge in [0.1, 0.15) is 0 Å². The molecule has 0 amide bonds. The van der Waals surface area contributed by atoms with Crippen LogP contribution in [0.5, 0.6) is 5.75 Å². The van der Waals surface area contributed by atoms with Crippen molar-refractivity contribution in [2.75, 3.05) is 0 Å². The summed E-state index contributed by atoms with van der Waals surface area (Å²) in [5, 5.41) is 13.9. The topological polar surface area (TPSA) is 75.9 Å². The third kappa shape index (κ3) is 4.50. The molecule has 6 heteroatoms. The zero-order valence-corrected chi connectivity index (χ0v) is 19.7. The first-order chi connectivity index (χ1) is 17.3. The van der Waals surface area contributed by atoms with Crippen molar-refractivity contribution in [3.05, 3.63) is 115 Å². The molecular weight excluding hydrogens is 439 g/mol. The fourth-order valence-electron chi connectivity index (χ4n) is 4.13. The predicted octanol–water partition coefficient (Wildman–Crippen LogP) is 2.58. The molecule has 0 aliphatic carbocycles. The third-order valence-electron chi connectivity index (χ3n) is 5.94. The van der Waals surface area contributed by atoms with Gasteiger partial charge in [-0.1, -0.05) is 91.0 Å². The van der Waals surface area contributed by atoms with Crippen LogP contribution in [-0.4, -0.2) is 15.0 Å². The van der Waals surface area contributed by atoms with Crippen molar-refractivity contribution in [2.45, 2.75) is 0 Å². The Bertz CT molecular complexity index is 1580. The van der Waals surface area contributed by atoms with Crippen LogP contribution in [0.1, 0.15) is 0 Å². The molecule has 1 N–H and O–H groups in total. The summed E-state index contributed by atoms with van der Waals surface area (Å²) in [5.41, 5.74) is 4.80. The minimum atomic E-state index is -0.0197. The normalized spacial score (nSPS) is 10.7. The Morgan fingerprint density at radius 1 is 0.500 bits per heavy atom. The molecule has 0 fully saturated rings. The molecule has 0 saturated heterocycles. The van der Waals surface area contributed by atoms with Crippen molar-refractivity contribution in [1.29, 1.82) is 0 Å². The van der Waals surface area contributed by atoms with E-state index in [1.165, 1.54) is 0 Å². The third-order valence-corrected chi connectivity index (χ3v) is 5.94. The first-order valence-electron chi connectivity index (χ1n) is 11.3. The number of H-pyrrole nitrogens is 1. The van der Waals surface area contributed by atoms with E-state index in [9.17, 15) is 5.11 Å². The molecule has 4 aromatic carbocycles. The molecular formula is C30H20LiN4O+. The average molecular weight is 459 g/mol. The molecule has 6 rings (SSSR count). The maximum Gasteiger partial charge on any atom is 1.00 e. The van der Waals surface area contributed by atoms with Crippen LogP contribution in [0.4, 0.5) is 0 Å². The Kier molecular flexibility index (Phi) is 6.60. The quantitative estimate of drug-likeness (QED) is 0.380. The monoisotopic (exact) mass is 459 g/mol. The molecule has 6 aromatic rings. The van der Waals surface area contributed by atoms with Crippen LogP contribution in [0.3, 0.4) is 0 Å². The van der Waals surface area contributed by atoms with Gasteiger partial charge < -0.3 is 5.11 Å². The van der Waals surface area contributed by atoms with Gasteiger partial charge in [0, 0.05) is 28.1 Å². The van der Waals surface area contributed by atoms with Gasteiger partial charge in [-0.15, -0.1) is 0 Å². The van der Waals surface area contributed by atoms with Crippen LogP contribution in [0.2, 0.25) is 0 Å². The van der Waals surface area contributed by atoms with Crippen LogP contribution in [0, 0.1) is 0 Å². The Morgan fingerprint density at radius 3 is 1.56 bits per heavy atom. The number of nitrogens with zero attached hydrogens (tertiary/aromatic N) is 3. The summed E-state index contributed by atoms with van der Waals surface area (Å²) in [7, 11) is 0. The summed E-state index contributed by atoms with van der Waals surface area (Å²) in [6.07, 6.45) is 1.77. The van der Waals surface area contributed by atoms with Gasteiger partial charge in [0.25, 0.3) is 0 Å². The van der Waals surface area contributed by atoms with E-state index in [0.29, 0.717) is 28.6 Å². The molecule has 5 nitrogen and oxygen atoms in total. The molecule has 36 heavy (non-hydrogen) atoms. The maximum atomic E-state index is 13.0. The second-order valence-electron chi connectivity index (χ2n) is 8.19. The number of aromatic amines is 1. The summed E-state index contributed by atoms with van der Waals surface area (Å²) >= 11 is 0. The van der Waals surface area contributed by atoms with Crippen LogP contribution in [0.25, 0.3) is 56.2 Å². The number of fused-ring (bicyclic) bond motifs is 1. The molecule has 2 aromatic heterocycles. The first-order valence-corrected chi connectivity index (χ1v) is 11.3. The SMILES string of the molecule is [Li+].[O-]c1c(-c2ccc(-c3nc(-c4ccccc4)nc(-c4ccccc4)n3)cc2)ccc2ccc[nH+]c12. The van der Waals surface area contributed by atoms with E-state index >= 15 is 0 Å². The number of hydrogen-bond acceptors (Lipinski definition) is 4. The Morgan fingerprint density at radius 2 is 1.00 bits per heavy atom. The van der Waals surface area contributed by atoms with Crippen LogP contribution in [0.15, 0.2) is 115 Å². The van der Waals surface area contributed by atoms with Gasteiger partial charge in [0.05, 0.1) is 0 Å². The Balaban J connectivity index is 0.00000267. The van der Waals surface area contributed by atoms with Crippen molar-refractivity contribution < 1.29 is 29.0 Å². The van der Waals surface area contributed by atoms with Crippen molar-refractivity contribution in [3.63, 3.8) is 0 Å². The van der Waals surface area contributed by atoms with E-state index in [1.807, 2.05) is 109 Å². The molecule has 166 valence electrons. The summed E-state index contributed by atoms with van der Waals surface area (Å²) < 4.78 is 0. The van der Waals surface area contributed by atoms with Gasteiger partial charge in [0.15, 0.2) is 23.7 Å². The average Bonchev–Trinajstić information content (AvgIpc) is 2.94. The largest absolute Gasteiger partial charge is 1.00 e. The van der Waals surface area contributed by atoms with Crippen molar-refractivity contribution >= 4 is 10.9 Å². The first kappa shape index (κ1) is 23.4. The van der Waals surface area contributed by atoms with Crippen molar-refractivity contribution in [3.8, 4) is 51.0 Å². The molecule has 0 aliphatic rings. The molecule has 0 radical (unpaired) electrons. The number of benzene rings is 4. The van der Waals surface area contributed by atoms with E-state index in [2.05, 4.69) is 4.98 Å². The minimum Gasteiger partial charge on any atom is -0.868 e. The number of aromatic nitrogens is 4. The Hall–Kier alpha value is -4.30. The van der Waals surface area contributed by atoms with Gasteiger partial charge in [0.2, 0.25) is 5.52 Å². The van der Waals surface area contributed by atoms with Crippen LogP contribution in [-0.2, 0) is 0 Å². The van der Waals surface area contributed by atoms with Crippen molar-refractivity contribution in [1.82, 2.24) is 15.0 Å². The van der Waals surface area contributed by atoms with E-state index in [-0.39, 0.29) is 24.6 Å². The van der Waals surface area contributed by atoms with Gasteiger partial charge in [-0.05, 0) is 29.0 Å². The maximum absolute atomic E-state index is 13.0. The zero-order valence-electron chi connectivity index (χ0n) is 19.7. The Labute approximate surface area is 220 Å². The molecule has 0 atom stereocenters. The van der Waals surface area contributed by atoms with E-state index in [1.54, 1.807) is 6.20 Å². The smallest absolute Gasteiger partial charge is 0.868 e. The van der Waals surface area contributed by atoms with Gasteiger partial charge in [-0.3, -0.25) is 0 Å². The number of hydrogen-bond donors (Lipinski definition) is 0. The van der Waals surface area contributed by atoms with E-state index in [0.717, 1.165) is 27.6 Å². The predicted molar refractivity (Wildman–Crippen MR) is 135 cm³/mol. The van der Waals surface area contributed by atoms with Crippen molar-refractivity contribution in [2.24, 2.45) is 0 Å². The van der Waals surface area contributed by atoms with E-state index < -0.39 is 0 Å². The minimum absolute atomic E-state index is 0. The summed E-state index contributed by atoms with van der Waals surface area (Å²) in [6, 6.07) is 35.2. The standard InChI is InChI=1S/C30H20N4O.Li/c35-27-25(18-17-21-12-7-19-31-26(21)27)20-13-15-24(16-14-20)30-33-28(22-8-3-1-4-9-22)32-29(34-30)23-10-5-2-6-11-23;/h1-19,35H;/q;+1. The summed E-state index contributed by atoms with van der Waals surface area (Å²) in [4.78, 5) is 17.4. The second kappa shape index (κ2) is 10.1. The molecule has 0 aliphatic heterocycles.